The van der Waals surface area contributed by atoms with Crippen LogP contribution in [0.5, 0.6) is 0 Å². The Bertz CT molecular complexity index is 167. The van der Waals surface area contributed by atoms with E-state index in [0.717, 1.165) is 19.7 Å². The maximum Gasteiger partial charge on any atom is 0.0596 e. The molecule has 1 N–H and O–H groups in total. The molecule has 0 aromatic rings. The fourth-order valence-corrected chi connectivity index (χ4v) is 1.35. The third-order valence-corrected chi connectivity index (χ3v) is 2.73. The molecule has 0 rings (SSSR count). The summed E-state index contributed by atoms with van der Waals surface area (Å²) in [5.41, 5.74) is -0.0629. The van der Waals surface area contributed by atoms with Crippen LogP contribution in [0.4, 0.5) is 0 Å². The van der Waals surface area contributed by atoms with Crippen molar-refractivity contribution < 1.29 is 9.84 Å². The monoisotopic (exact) mass is 217 g/mol. The second-order valence-corrected chi connectivity index (χ2v) is 5.32. The summed E-state index contributed by atoms with van der Waals surface area (Å²) in [5.74, 6) is 0. The quantitative estimate of drug-likeness (QED) is 0.705. The predicted molar refractivity (Wildman–Crippen MR) is 64.0 cm³/mol. The lowest BCUT2D eigenvalue weighted by Gasteiger charge is -2.32. The highest BCUT2D eigenvalue weighted by molar-refractivity contribution is 4.77. The van der Waals surface area contributed by atoms with Crippen molar-refractivity contribution in [3.05, 3.63) is 0 Å². The molecule has 0 saturated heterocycles. The maximum atomic E-state index is 9.58. The molecule has 0 aromatic carbocycles. The topological polar surface area (TPSA) is 32.7 Å². The zero-order valence-corrected chi connectivity index (χ0v) is 11.1. The van der Waals surface area contributed by atoms with Gasteiger partial charge in [-0.15, -0.1) is 0 Å². The standard InChI is InChI=1S/C12H27NO2/c1-10(2)15-8-7-13(6)9-12(4,5)11(3)14/h10-11,14H,7-9H2,1-6H3. The van der Waals surface area contributed by atoms with E-state index < -0.39 is 0 Å². The lowest BCUT2D eigenvalue weighted by Crippen LogP contribution is -2.39. The fraction of sp³-hybridized carbons (Fsp3) is 1.00. The molecule has 0 heterocycles. The Morgan fingerprint density at radius 2 is 1.80 bits per heavy atom. The third kappa shape index (κ3) is 6.88. The molecule has 0 spiro atoms. The van der Waals surface area contributed by atoms with Gasteiger partial charge in [-0.05, 0) is 27.8 Å². The van der Waals surface area contributed by atoms with Gasteiger partial charge in [-0.25, -0.2) is 0 Å². The summed E-state index contributed by atoms with van der Waals surface area (Å²) in [5, 5.41) is 9.58. The van der Waals surface area contributed by atoms with E-state index in [1.165, 1.54) is 0 Å². The molecule has 3 heteroatoms. The number of likely N-dealkylation sites (N-methyl/N-ethyl adjacent to an activating group) is 1. The van der Waals surface area contributed by atoms with Crippen molar-refractivity contribution >= 4 is 0 Å². The van der Waals surface area contributed by atoms with Crippen LogP contribution in [-0.2, 0) is 4.74 Å². The van der Waals surface area contributed by atoms with Gasteiger partial charge < -0.3 is 14.7 Å². The van der Waals surface area contributed by atoms with Crippen molar-refractivity contribution in [2.24, 2.45) is 5.41 Å². The molecule has 15 heavy (non-hydrogen) atoms. The van der Waals surface area contributed by atoms with Gasteiger partial charge in [0.05, 0.1) is 18.8 Å². The van der Waals surface area contributed by atoms with Gasteiger partial charge >= 0.3 is 0 Å². The summed E-state index contributed by atoms with van der Waals surface area (Å²) < 4.78 is 5.48. The maximum absolute atomic E-state index is 9.58. The largest absolute Gasteiger partial charge is 0.393 e. The van der Waals surface area contributed by atoms with E-state index in [4.69, 9.17) is 4.74 Å². The van der Waals surface area contributed by atoms with Crippen molar-refractivity contribution in [2.45, 2.75) is 46.8 Å². The van der Waals surface area contributed by atoms with Gasteiger partial charge in [-0.2, -0.15) is 0 Å². The first-order chi connectivity index (χ1) is 6.75. The van der Waals surface area contributed by atoms with E-state index in [1.807, 2.05) is 20.8 Å². The average molecular weight is 217 g/mol. The molecule has 0 bridgehead atoms. The number of aliphatic hydroxyl groups is 1. The molecule has 3 nitrogen and oxygen atoms in total. The highest BCUT2D eigenvalue weighted by atomic mass is 16.5. The second kappa shape index (κ2) is 6.46. The van der Waals surface area contributed by atoms with E-state index in [0.29, 0.717) is 6.10 Å². The molecule has 0 aliphatic heterocycles. The zero-order chi connectivity index (χ0) is 12.1. The predicted octanol–water partition coefficient (Wildman–Crippen LogP) is 1.75. The number of aliphatic hydroxyl groups excluding tert-OH is 1. The average Bonchev–Trinajstić information content (AvgIpc) is 2.01. The first-order valence-electron chi connectivity index (χ1n) is 5.74. The van der Waals surface area contributed by atoms with E-state index in [1.54, 1.807) is 0 Å². The van der Waals surface area contributed by atoms with Crippen molar-refractivity contribution in [3.63, 3.8) is 0 Å². The molecular formula is C12H27NO2. The normalized spacial score (nSPS) is 15.0. The summed E-state index contributed by atoms with van der Waals surface area (Å²) in [7, 11) is 2.06. The summed E-state index contributed by atoms with van der Waals surface area (Å²) in [6.07, 6.45) is 0.00847. The summed E-state index contributed by atoms with van der Waals surface area (Å²) >= 11 is 0. The van der Waals surface area contributed by atoms with E-state index in [-0.39, 0.29) is 11.5 Å². The van der Waals surface area contributed by atoms with Crippen LogP contribution in [0.1, 0.15) is 34.6 Å². The lowest BCUT2D eigenvalue weighted by molar-refractivity contribution is 0.0227. The third-order valence-electron chi connectivity index (χ3n) is 2.73. The Labute approximate surface area is 94.4 Å². The molecule has 0 radical (unpaired) electrons. The summed E-state index contributed by atoms with van der Waals surface area (Å²) in [4.78, 5) is 2.20. The molecule has 0 aliphatic carbocycles. The van der Waals surface area contributed by atoms with Gasteiger partial charge in [0.1, 0.15) is 0 Å². The van der Waals surface area contributed by atoms with Crippen molar-refractivity contribution in [1.82, 2.24) is 4.90 Å². The first-order valence-corrected chi connectivity index (χ1v) is 5.74. The Kier molecular flexibility index (Phi) is 6.41. The van der Waals surface area contributed by atoms with Gasteiger partial charge in [0, 0.05) is 18.5 Å². The molecule has 0 amide bonds. The molecule has 0 aliphatic rings. The SMILES string of the molecule is CC(C)OCCN(C)CC(C)(C)C(C)O. The minimum absolute atomic E-state index is 0.0629. The first kappa shape index (κ1) is 14.9. The van der Waals surface area contributed by atoms with Crippen LogP contribution >= 0.6 is 0 Å². The number of hydrogen-bond acceptors (Lipinski definition) is 3. The number of hydrogen-bond donors (Lipinski definition) is 1. The second-order valence-electron chi connectivity index (χ2n) is 5.32. The lowest BCUT2D eigenvalue weighted by atomic mass is 9.87. The van der Waals surface area contributed by atoms with Crippen LogP contribution in [-0.4, -0.2) is 49.0 Å². The Morgan fingerprint density at radius 1 is 1.27 bits per heavy atom. The van der Waals surface area contributed by atoms with Crippen molar-refractivity contribution in [2.75, 3.05) is 26.7 Å². The van der Waals surface area contributed by atoms with Gasteiger partial charge in [0.2, 0.25) is 0 Å². The molecule has 1 unspecified atom stereocenters. The fourth-order valence-electron chi connectivity index (χ4n) is 1.35. The van der Waals surface area contributed by atoms with Crippen molar-refractivity contribution in [3.8, 4) is 0 Å². The summed E-state index contributed by atoms with van der Waals surface area (Å²) in [6.45, 7) is 12.6. The number of ether oxygens (including phenoxy) is 1. The van der Waals surface area contributed by atoms with Crippen LogP contribution in [0.25, 0.3) is 0 Å². The molecular weight excluding hydrogens is 190 g/mol. The van der Waals surface area contributed by atoms with Crippen LogP contribution in [0.15, 0.2) is 0 Å². The van der Waals surface area contributed by atoms with E-state index in [2.05, 4.69) is 25.8 Å². The van der Waals surface area contributed by atoms with Gasteiger partial charge in [0.25, 0.3) is 0 Å². The zero-order valence-electron chi connectivity index (χ0n) is 11.1. The molecule has 92 valence electrons. The molecule has 0 fully saturated rings. The number of nitrogens with zero attached hydrogens (tertiary/aromatic N) is 1. The van der Waals surface area contributed by atoms with Crippen molar-refractivity contribution in [1.29, 1.82) is 0 Å². The van der Waals surface area contributed by atoms with E-state index >= 15 is 0 Å². The minimum Gasteiger partial charge on any atom is -0.393 e. The van der Waals surface area contributed by atoms with Crippen LogP contribution in [0.2, 0.25) is 0 Å². The van der Waals surface area contributed by atoms with Crippen LogP contribution in [0.3, 0.4) is 0 Å². The number of rotatable bonds is 7. The molecule has 0 aromatic heterocycles. The van der Waals surface area contributed by atoms with E-state index in [9.17, 15) is 5.11 Å². The van der Waals surface area contributed by atoms with Gasteiger partial charge in [-0.1, -0.05) is 13.8 Å². The van der Waals surface area contributed by atoms with Gasteiger partial charge in [-0.3, -0.25) is 0 Å². The Hall–Kier alpha value is -0.120. The Balaban J connectivity index is 3.78. The van der Waals surface area contributed by atoms with Crippen LogP contribution in [0, 0.1) is 5.41 Å². The van der Waals surface area contributed by atoms with Gasteiger partial charge in [0.15, 0.2) is 0 Å². The highest BCUT2D eigenvalue weighted by Crippen LogP contribution is 2.21. The van der Waals surface area contributed by atoms with Crippen LogP contribution < -0.4 is 0 Å². The highest BCUT2D eigenvalue weighted by Gasteiger charge is 2.25. The Morgan fingerprint density at radius 3 is 2.20 bits per heavy atom. The summed E-state index contributed by atoms with van der Waals surface area (Å²) in [6, 6.07) is 0. The smallest absolute Gasteiger partial charge is 0.0596 e. The molecule has 1 atom stereocenters. The minimum atomic E-state index is -0.286. The molecule has 0 saturated carbocycles.